The van der Waals surface area contributed by atoms with Crippen molar-refractivity contribution >= 4 is 0 Å². The molecular weight excluding hydrogens is 474 g/mol. The van der Waals surface area contributed by atoms with E-state index in [2.05, 4.69) is 66.0 Å². The zero-order valence-corrected chi connectivity index (χ0v) is 18.2. The van der Waals surface area contributed by atoms with Crippen LogP contribution >= 0.6 is 0 Å². The highest BCUT2D eigenvalue weighted by molar-refractivity contribution is 5.25. The summed E-state index contributed by atoms with van der Waals surface area (Å²) in [5.74, 6) is 12.1. The Morgan fingerprint density at radius 3 is 1.15 bits per heavy atom. The van der Waals surface area contributed by atoms with Crippen molar-refractivity contribution in [1.82, 2.24) is 0 Å². The first kappa shape index (κ1) is 25.5. The minimum absolute atomic E-state index is 0. The van der Waals surface area contributed by atoms with E-state index in [9.17, 15) is 0 Å². The van der Waals surface area contributed by atoms with Crippen LogP contribution in [0, 0.1) is 23.7 Å². The average molecular weight is 504 g/mol. The second kappa shape index (κ2) is 13.2. The molecule has 0 aromatic rings. The molecule has 0 atom stereocenters. The molecule has 0 rings (SSSR count). The number of unbranched alkanes of at least 4 members (excludes halogenated alkanes) is 2. The van der Waals surface area contributed by atoms with Gasteiger partial charge in [-0.1, -0.05) is 11.8 Å². The molecule has 0 radical (unpaired) electrons. The minimum atomic E-state index is 0. The van der Waals surface area contributed by atoms with Crippen molar-refractivity contribution in [3.8, 4) is 23.7 Å². The third-order valence-corrected chi connectivity index (χ3v) is 2.50. The lowest BCUT2D eigenvalue weighted by atomic mass is 10.2. The predicted molar refractivity (Wildman–Crippen MR) is 79.8 cm³/mol. The van der Waals surface area contributed by atoms with Crippen molar-refractivity contribution in [2.45, 2.75) is 25.7 Å². The molecule has 0 fully saturated rings. The molecular formula is C16H30I2N2. The van der Waals surface area contributed by atoms with Gasteiger partial charge in [0.15, 0.2) is 0 Å². The van der Waals surface area contributed by atoms with E-state index >= 15 is 0 Å². The first-order valence-corrected chi connectivity index (χ1v) is 6.77. The number of hydrogen-bond donors (Lipinski definition) is 0. The van der Waals surface area contributed by atoms with Gasteiger partial charge in [-0.3, -0.25) is 0 Å². The average Bonchev–Trinajstić information content (AvgIpc) is 2.17. The molecule has 0 bridgehead atoms. The van der Waals surface area contributed by atoms with Crippen LogP contribution in [0.15, 0.2) is 0 Å². The largest absolute Gasteiger partial charge is 1.00 e. The van der Waals surface area contributed by atoms with Crippen molar-refractivity contribution in [2.75, 3.05) is 55.4 Å². The van der Waals surface area contributed by atoms with Crippen LogP contribution in [0.5, 0.6) is 0 Å². The minimum Gasteiger partial charge on any atom is -1.00 e. The van der Waals surface area contributed by atoms with E-state index in [1.54, 1.807) is 0 Å². The van der Waals surface area contributed by atoms with Crippen LogP contribution < -0.4 is 48.0 Å². The Labute approximate surface area is 160 Å². The second-order valence-electron chi connectivity index (χ2n) is 6.84. The molecule has 0 N–H and O–H groups in total. The molecule has 0 aromatic heterocycles. The highest BCUT2D eigenvalue weighted by Gasteiger charge is 2.04. The van der Waals surface area contributed by atoms with Crippen LogP contribution in [0.2, 0.25) is 0 Å². The highest BCUT2D eigenvalue weighted by atomic mass is 127. The standard InChI is InChI=1S/C16H30N2.2HI/c1-17(2,3)15-13-11-9-7-8-10-12-14-16-18(4,5)6;;/h11-16H2,1-6H3;2*1H/q+2;;/p-2. The normalized spacial score (nSPS) is 10.1. The molecule has 0 spiro atoms. The molecule has 0 aliphatic rings. The van der Waals surface area contributed by atoms with Gasteiger partial charge in [-0.15, -0.1) is 0 Å². The molecule has 0 aromatic carbocycles. The maximum absolute atomic E-state index is 3.13. The molecule has 0 heterocycles. The maximum Gasteiger partial charge on any atom is 0.0789 e. The molecule has 0 amide bonds. The lowest BCUT2D eigenvalue weighted by Crippen LogP contribution is -3.00. The Morgan fingerprint density at radius 2 is 0.900 bits per heavy atom. The Morgan fingerprint density at radius 1 is 0.600 bits per heavy atom. The van der Waals surface area contributed by atoms with E-state index in [0.29, 0.717) is 0 Å². The fourth-order valence-electron chi connectivity index (χ4n) is 1.50. The molecule has 4 heteroatoms. The lowest BCUT2D eigenvalue weighted by Gasteiger charge is -2.23. The van der Waals surface area contributed by atoms with E-state index in [-0.39, 0.29) is 48.0 Å². The molecule has 0 saturated carbocycles. The number of hydrogen-bond acceptors (Lipinski definition) is 0. The van der Waals surface area contributed by atoms with Gasteiger partial charge in [0.2, 0.25) is 0 Å². The molecule has 20 heavy (non-hydrogen) atoms. The summed E-state index contributed by atoms with van der Waals surface area (Å²) in [6, 6.07) is 0. The van der Waals surface area contributed by atoms with Gasteiger partial charge in [-0.05, 0) is 11.8 Å². The number of halogens is 2. The summed E-state index contributed by atoms with van der Waals surface area (Å²) >= 11 is 0. The van der Waals surface area contributed by atoms with Crippen molar-refractivity contribution in [3.63, 3.8) is 0 Å². The van der Waals surface area contributed by atoms with Crippen LogP contribution in [0.25, 0.3) is 0 Å². The monoisotopic (exact) mass is 504 g/mol. The summed E-state index contributed by atoms with van der Waals surface area (Å²) in [5, 5.41) is 0. The first-order chi connectivity index (χ1) is 8.21. The van der Waals surface area contributed by atoms with Crippen molar-refractivity contribution in [2.24, 2.45) is 0 Å². The van der Waals surface area contributed by atoms with Gasteiger partial charge in [0.1, 0.15) is 0 Å². The third-order valence-electron chi connectivity index (χ3n) is 2.50. The van der Waals surface area contributed by atoms with Gasteiger partial charge >= 0.3 is 0 Å². The molecule has 0 aliphatic heterocycles. The Bertz CT molecular complexity index is 307. The zero-order valence-electron chi connectivity index (χ0n) is 13.9. The summed E-state index contributed by atoms with van der Waals surface area (Å²) in [7, 11) is 13.3. The summed E-state index contributed by atoms with van der Waals surface area (Å²) in [5.41, 5.74) is 0. The van der Waals surface area contributed by atoms with E-state index < -0.39 is 0 Å². The van der Waals surface area contributed by atoms with Gasteiger partial charge in [-0.25, -0.2) is 0 Å². The lowest BCUT2D eigenvalue weighted by molar-refractivity contribution is -0.870. The molecule has 0 unspecified atom stereocenters. The number of nitrogens with zero attached hydrogens (tertiary/aromatic N) is 2. The van der Waals surface area contributed by atoms with Gasteiger partial charge in [0.25, 0.3) is 0 Å². The number of rotatable bonds is 6. The quantitative estimate of drug-likeness (QED) is 0.150. The summed E-state index contributed by atoms with van der Waals surface area (Å²) in [6.07, 6.45) is 4.23. The van der Waals surface area contributed by atoms with Crippen LogP contribution in [0.3, 0.4) is 0 Å². The van der Waals surface area contributed by atoms with E-state index in [1.807, 2.05) is 0 Å². The van der Waals surface area contributed by atoms with Gasteiger partial charge in [-0.2, -0.15) is 0 Å². The van der Waals surface area contributed by atoms with Gasteiger partial charge in [0, 0.05) is 25.7 Å². The Kier molecular flexibility index (Phi) is 16.8. The summed E-state index contributed by atoms with van der Waals surface area (Å²) < 4.78 is 2.02. The van der Waals surface area contributed by atoms with Crippen LogP contribution in [-0.4, -0.2) is 64.3 Å². The van der Waals surface area contributed by atoms with Gasteiger partial charge < -0.3 is 56.9 Å². The SMILES string of the molecule is C[N+](C)(C)CCCC#CC#CCCC[N+](C)(C)C.[I-].[I-]. The molecule has 0 saturated heterocycles. The predicted octanol–water partition coefficient (Wildman–Crippen LogP) is -4.03. The van der Waals surface area contributed by atoms with Crippen LogP contribution in [0.4, 0.5) is 0 Å². The second-order valence-corrected chi connectivity index (χ2v) is 6.84. The van der Waals surface area contributed by atoms with E-state index in [1.165, 1.54) is 13.1 Å². The fourth-order valence-corrected chi connectivity index (χ4v) is 1.50. The summed E-state index contributed by atoms with van der Waals surface area (Å²) in [4.78, 5) is 0. The Hall–Kier alpha value is 0.500. The fraction of sp³-hybridized carbons (Fsp3) is 0.750. The van der Waals surface area contributed by atoms with E-state index in [0.717, 1.165) is 34.6 Å². The van der Waals surface area contributed by atoms with Crippen molar-refractivity contribution < 1.29 is 56.9 Å². The topological polar surface area (TPSA) is 0 Å². The molecule has 0 aliphatic carbocycles. The van der Waals surface area contributed by atoms with Crippen LogP contribution in [0.1, 0.15) is 25.7 Å². The van der Waals surface area contributed by atoms with Crippen molar-refractivity contribution in [3.05, 3.63) is 0 Å². The highest BCUT2D eigenvalue weighted by Crippen LogP contribution is 1.96. The maximum atomic E-state index is 3.13. The molecule has 118 valence electrons. The zero-order chi connectivity index (χ0) is 14.1. The first-order valence-electron chi connectivity index (χ1n) is 6.77. The third kappa shape index (κ3) is 23.6. The smallest absolute Gasteiger partial charge is 0.0789 e. The number of quaternary nitrogens is 2. The van der Waals surface area contributed by atoms with Gasteiger partial charge in [0.05, 0.1) is 55.4 Å². The van der Waals surface area contributed by atoms with Crippen molar-refractivity contribution in [1.29, 1.82) is 0 Å². The Balaban J connectivity index is -0.00000144. The van der Waals surface area contributed by atoms with E-state index in [4.69, 9.17) is 0 Å². The summed E-state index contributed by atoms with van der Waals surface area (Å²) in [6.45, 7) is 2.34. The molecule has 2 nitrogen and oxygen atoms in total. The van der Waals surface area contributed by atoms with Crippen LogP contribution in [-0.2, 0) is 0 Å².